The van der Waals surface area contributed by atoms with Crippen LogP contribution < -0.4 is 0 Å². The van der Waals surface area contributed by atoms with Crippen molar-refractivity contribution in [1.82, 2.24) is 4.90 Å². The third kappa shape index (κ3) is 0.989. The normalized spacial score (nSPS) is 24.3. The zero-order valence-electron chi connectivity index (χ0n) is 7.21. The molecule has 0 radical (unpaired) electrons. The fraction of sp³-hybridized carbons (Fsp3) is 0.778. The summed E-state index contributed by atoms with van der Waals surface area (Å²) in [6, 6.07) is 2.22. The topological polar surface area (TPSA) is 44.1 Å². The zero-order chi connectivity index (χ0) is 8.77. The Morgan fingerprint density at radius 2 is 2.17 bits per heavy atom. The molecule has 0 atom stereocenters. The Morgan fingerprint density at radius 1 is 1.58 bits per heavy atom. The van der Waals surface area contributed by atoms with Gasteiger partial charge in [0.15, 0.2) is 0 Å². The number of carbonyl (C=O) groups excluding carboxylic acids is 1. The van der Waals surface area contributed by atoms with E-state index in [1.807, 2.05) is 0 Å². The van der Waals surface area contributed by atoms with Gasteiger partial charge in [0.25, 0.3) is 0 Å². The molecule has 0 heterocycles. The van der Waals surface area contributed by atoms with Crippen molar-refractivity contribution in [3.8, 4) is 6.07 Å². The number of amides is 1. The Labute approximate surface area is 72.0 Å². The van der Waals surface area contributed by atoms with Gasteiger partial charge < -0.3 is 4.90 Å². The van der Waals surface area contributed by atoms with Crippen molar-refractivity contribution in [2.75, 3.05) is 7.05 Å². The van der Waals surface area contributed by atoms with Gasteiger partial charge in [-0.1, -0.05) is 0 Å². The number of nitrogens with zero attached hydrogens (tertiary/aromatic N) is 2. The lowest BCUT2D eigenvalue weighted by atomic mass is 10.2. The van der Waals surface area contributed by atoms with Crippen LogP contribution in [0.4, 0.5) is 0 Å². The molecular weight excluding hydrogens is 152 g/mol. The summed E-state index contributed by atoms with van der Waals surface area (Å²) in [6.45, 7) is 0. The molecular formula is C9H12N2O. The van der Waals surface area contributed by atoms with Gasteiger partial charge in [-0.25, -0.2) is 0 Å². The summed E-state index contributed by atoms with van der Waals surface area (Å²) < 4.78 is 0. The lowest BCUT2D eigenvalue weighted by molar-refractivity contribution is -0.132. The molecule has 12 heavy (non-hydrogen) atoms. The number of carbonyl (C=O) groups is 1. The van der Waals surface area contributed by atoms with E-state index in [2.05, 4.69) is 6.07 Å². The first-order valence-corrected chi connectivity index (χ1v) is 4.38. The Kier molecular flexibility index (Phi) is 1.41. The van der Waals surface area contributed by atoms with E-state index in [1.165, 1.54) is 0 Å². The van der Waals surface area contributed by atoms with Crippen molar-refractivity contribution in [1.29, 1.82) is 5.26 Å². The van der Waals surface area contributed by atoms with E-state index in [-0.39, 0.29) is 11.8 Å². The molecule has 2 saturated carbocycles. The molecule has 2 aliphatic rings. The molecule has 0 spiro atoms. The van der Waals surface area contributed by atoms with Crippen LogP contribution in [0.3, 0.4) is 0 Å². The maximum atomic E-state index is 11.5. The number of rotatable bonds is 2. The average Bonchev–Trinajstić information content (AvgIpc) is 2.93. The number of nitriles is 1. The standard InChI is InChI=1S/C9H12N2O/c1-11(8(12)7-2-3-7)9(6-10)4-5-9/h7H,2-5H2,1H3. The van der Waals surface area contributed by atoms with Gasteiger partial charge in [0.2, 0.25) is 5.91 Å². The highest BCUT2D eigenvalue weighted by Gasteiger charge is 2.51. The third-order valence-corrected chi connectivity index (χ3v) is 2.83. The van der Waals surface area contributed by atoms with Crippen molar-refractivity contribution in [2.45, 2.75) is 31.2 Å². The van der Waals surface area contributed by atoms with Gasteiger partial charge in [-0.2, -0.15) is 5.26 Å². The third-order valence-electron chi connectivity index (χ3n) is 2.83. The van der Waals surface area contributed by atoms with Crippen LogP contribution in [0, 0.1) is 17.2 Å². The maximum Gasteiger partial charge on any atom is 0.226 e. The Balaban J connectivity index is 2.04. The van der Waals surface area contributed by atoms with E-state index in [9.17, 15) is 4.79 Å². The molecule has 0 aromatic heterocycles. The van der Waals surface area contributed by atoms with Gasteiger partial charge >= 0.3 is 0 Å². The minimum atomic E-state index is -0.417. The lowest BCUT2D eigenvalue weighted by Gasteiger charge is -2.21. The largest absolute Gasteiger partial charge is 0.327 e. The van der Waals surface area contributed by atoms with Crippen LogP contribution in [0.2, 0.25) is 0 Å². The summed E-state index contributed by atoms with van der Waals surface area (Å²) in [7, 11) is 1.76. The first kappa shape index (κ1) is 7.60. The molecule has 2 aliphatic carbocycles. The van der Waals surface area contributed by atoms with Gasteiger partial charge in [-0.15, -0.1) is 0 Å². The van der Waals surface area contributed by atoms with Gasteiger partial charge in [0, 0.05) is 13.0 Å². The lowest BCUT2D eigenvalue weighted by Crippen LogP contribution is -2.38. The van der Waals surface area contributed by atoms with E-state index < -0.39 is 5.54 Å². The average molecular weight is 164 g/mol. The molecule has 0 bridgehead atoms. The Hall–Kier alpha value is -1.04. The molecule has 3 nitrogen and oxygen atoms in total. The zero-order valence-corrected chi connectivity index (χ0v) is 7.21. The summed E-state index contributed by atoms with van der Waals surface area (Å²) in [4.78, 5) is 13.2. The highest BCUT2D eigenvalue weighted by Crippen LogP contribution is 2.43. The first-order valence-electron chi connectivity index (χ1n) is 4.38. The van der Waals surface area contributed by atoms with Crippen LogP contribution in [-0.4, -0.2) is 23.4 Å². The molecule has 1 amide bonds. The minimum absolute atomic E-state index is 0.175. The van der Waals surface area contributed by atoms with E-state index in [0.717, 1.165) is 25.7 Å². The van der Waals surface area contributed by atoms with Crippen LogP contribution in [0.25, 0.3) is 0 Å². The molecule has 2 rings (SSSR count). The number of hydrogen-bond acceptors (Lipinski definition) is 2. The highest BCUT2D eigenvalue weighted by molar-refractivity contribution is 5.82. The molecule has 64 valence electrons. The Bertz CT molecular complexity index is 258. The van der Waals surface area contributed by atoms with Crippen molar-refractivity contribution in [3.63, 3.8) is 0 Å². The number of hydrogen-bond donors (Lipinski definition) is 0. The summed E-state index contributed by atoms with van der Waals surface area (Å²) in [5, 5.41) is 8.83. The van der Waals surface area contributed by atoms with E-state index in [1.54, 1.807) is 11.9 Å². The minimum Gasteiger partial charge on any atom is -0.327 e. The first-order chi connectivity index (χ1) is 5.69. The summed E-state index contributed by atoms with van der Waals surface area (Å²) in [5.74, 6) is 0.412. The summed E-state index contributed by atoms with van der Waals surface area (Å²) >= 11 is 0. The predicted octanol–water partition coefficient (Wildman–Crippen LogP) is 0.911. The molecule has 0 aromatic rings. The SMILES string of the molecule is CN(C(=O)C1CC1)C1(C#N)CC1. The monoisotopic (exact) mass is 164 g/mol. The fourth-order valence-corrected chi connectivity index (χ4v) is 1.46. The molecule has 0 saturated heterocycles. The van der Waals surface area contributed by atoms with Gasteiger partial charge in [-0.3, -0.25) is 4.79 Å². The molecule has 3 heteroatoms. The molecule has 0 aliphatic heterocycles. The summed E-state index contributed by atoms with van der Waals surface area (Å²) in [5.41, 5.74) is -0.417. The van der Waals surface area contributed by atoms with Crippen molar-refractivity contribution < 1.29 is 4.79 Å². The van der Waals surface area contributed by atoms with Gasteiger partial charge in [0.1, 0.15) is 5.54 Å². The summed E-state index contributed by atoms with van der Waals surface area (Å²) in [6.07, 6.45) is 3.76. The second kappa shape index (κ2) is 2.22. The molecule has 0 aromatic carbocycles. The van der Waals surface area contributed by atoms with Gasteiger partial charge in [-0.05, 0) is 25.7 Å². The van der Waals surface area contributed by atoms with E-state index in [0.29, 0.717) is 0 Å². The second-order valence-corrected chi connectivity index (χ2v) is 3.81. The molecule has 2 fully saturated rings. The van der Waals surface area contributed by atoms with Crippen LogP contribution in [0.5, 0.6) is 0 Å². The van der Waals surface area contributed by atoms with Crippen LogP contribution in [-0.2, 0) is 4.79 Å². The maximum absolute atomic E-state index is 11.5. The van der Waals surface area contributed by atoms with Crippen LogP contribution in [0.15, 0.2) is 0 Å². The van der Waals surface area contributed by atoms with Crippen LogP contribution in [0.1, 0.15) is 25.7 Å². The second-order valence-electron chi connectivity index (χ2n) is 3.81. The van der Waals surface area contributed by atoms with E-state index >= 15 is 0 Å². The van der Waals surface area contributed by atoms with Crippen molar-refractivity contribution in [2.24, 2.45) is 5.92 Å². The Morgan fingerprint density at radius 3 is 2.50 bits per heavy atom. The molecule has 0 unspecified atom stereocenters. The van der Waals surface area contributed by atoms with Gasteiger partial charge in [0.05, 0.1) is 6.07 Å². The van der Waals surface area contributed by atoms with Crippen LogP contribution >= 0.6 is 0 Å². The predicted molar refractivity (Wildman–Crippen MR) is 43.1 cm³/mol. The smallest absolute Gasteiger partial charge is 0.226 e. The quantitative estimate of drug-likeness (QED) is 0.609. The van der Waals surface area contributed by atoms with E-state index in [4.69, 9.17) is 5.26 Å². The van der Waals surface area contributed by atoms with Crippen molar-refractivity contribution >= 4 is 5.91 Å². The highest BCUT2D eigenvalue weighted by atomic mass is 16.2. The van der Waals surface area contributed by atoms with Crippen molar-refractivity contribution in [3.05, 3.63) is 0 Å². The fourth-order valence-electron chi connectivity index (χ4n) is 1.46. The molecule has 0 N–H and O–H groups in total.